The van der Waals surface area contributed by atoms with Gasteiger partial charge in [0, 0.05) is 13.7 Å². The van der Waals surface area contributed by atoms with Crippen LogP contribution in [0.15, 0.2) is 0 Å². The minimum Gasteiger partial charge on any atom is -0.381 e. The maximum Gasteiger partial charge on any atom is 0.299 e. The Balaban J connectivity index is 2.74. The topological polar surface area (TPSA) is 35.5 Å². The Kier molecular flexibility index (Phi) is 3.95. The van der Waals surface area contributed by atoms with E-state index in [0.29, 0.717) is 13.0 Å². The van der Waals surface area contributed by atoms with E-state index >= 15 is 0 Å². The van der Waals surface area contributed by atoms with Crippen molar-refractivity contribution in [1.29, 1.82) is 0 Å². The van der Waals surface area contributed by atoms with E-state index in [-0.39, 0.29) is 6.61 Å². The Morgan fingerprint density at radius 3 is 2.71 bits per heavy atom. The van der Waals surface area contributed by atoms with Crippen molar-refractivity contribution in [2.75, 3.05) is 20.3 Å². The second kappa shape index (κ2) is 4.79. The molecule has 14 heavy (non-hydrogen) atoms. The minimum atomic E-state index is -2.98. The highest BCUT2D eigenvalue weighted by Gasteiger charge is 2.45. The van der Waals surface area contributed by atoms with Crippen LogP contribution in [0.3, 0.4) is 0 Å². The van der Waals surface area contributed by atoms with Crippen LogP contribution in [0.5, 0.6) is 0 Å². The molecule has 1 aliphatic heterocycles. The second-order valence-corrected chi connectivity index (χ2v) is 3.40. The number of Topliss-reactive ketones (excluding diaryl/α,β-unsaturated/α-hetero) is 1. The van der Waals surface area contributed by atoms with Gasteiger partial charge in [-0.25, -0.2) is 8.78 Å². The lowest BCUT2D eigenvalue weighted by Gasteiger charge is -2.34. The first-order valence-electron chi connectivity index (χ1n) is 4.58. The molecule has 0 N–H and O–H groups in total. The lowest BCUT2D eigenvalue weighted by Crippen LogP contribution is -2.50. The van der Waals surface area contributed by atoms with Crippen molar-refractivity contribution in [1.82, 2.24) is 0 Å². The van der Waals surface area contributed by atoms with E-state index < -0.39 is 17.8 Å². The Labute approximate surface area is 81.4 Å². The molecule has 0 spiro atoms. The lowest BCUT2D eigenvalue weighted by atomic mass is 9.90. The molecule has 0 aromatic rings. The summed E-state index contributed by atoms with van der Waals surface area (Å²) in [6, 6.07) is 0. The van der Waals surface area contributed by atoms with Crippen LogP contribution in [0.2, 0.25) is 0 Å². The molecule has 0 aromatic heterocycles. The van der Waals surface area contributed by atoms with Crippen LogP contribution in [0.4, 0.5) is 8.78 Å². The van der Waals surface area contributed by atoms with E-state index in [1.807, 2.05) is 0 Å². The van der Waals surface area contributed by atoms with Crippen LogP contribution in [0.25, 0.3) is 0 Å². The Bertz CT molecular complexity index is 195. The van der Waals surface area contributed by atoms with Gasteiger partial charge in [-0.2, -0.15) is 0 Å². The zero-order valence-corrected chi connectivity index (χ0v) is 8.09. The van der Waals surface area contributed by atoms with Gasteiger partial charge in [-0.15, -0.1) is 0 Å². The smallest absolute Gasteiger partial charge is 0.299 e. The highest BCUT2D eigenvalue weighted by atomic mass is 19.3. The largest absolute Gasteiger partial charge is 0.381 e. The van der Waals surface area contributed by atoms with Crippen LogP contribution in [0.1, 0.15) is 19.3 Å². The second-order valence-electron chi connectivity index (χ2n) is 3.40. The van der Waals surface area contributed by atoms with E-state index in [4.69, 9.17) is 9.47 Å². The number of hydrogen-bond acceptors (Lipinski definition) is 3. The van der Waals surface area contributed by atoms with E-state index in [2.05, 4.69) is 0 Å². The van der Waals surface area contributed by atoms with Gasteiger partial charge in [-0.3, -0.25) is 4.79 Å². The van der Waals surface area contributed by atoms with Crippen LogP contribution in [-0.2, 0) is 14.3 Å². The van der Waals surface area contributed by atoms with Crippen molar-refractivity contribution in [2.45, 2.75) is 31.3 Å². The number of alkyl halides is 2. The van der Waals surface area contributed by atoms with Crippen molar-refractivity contribution in [3.8, 4) is 0 Å². The third-order valence-electron chi connectivity index (χ3n) is 2.38. The first-order valence-corrected chi connectivity index (χ1v) is 4.58. The minimum absolute atomic E-state index is 0.0871. The summed E-state index contributed by atoms with van der Waals surface area (Å²) in [6.45, 7) is 0.262. The van der Waals surface area contributed by atoms with Gasteiger partial charge in [0.25, 0.3) is 6.43 Å². The molecule has 1 aliphatic rings. The van der Waals surface area contributed by atoms with Crippen molar-refractivity contribution in [3.63, 3.8) is 0 Å². The zero-order valence-electron chi connectivity index (χ0n) is 8.09. The number of rotatable bonds is 4. The van der Waals surface area contributed by atoms with E-state index in [9.17, 15) is 13.6 Å². The summed E-state index contributed by atoms with van der Waals surface area (Å²) in [5, 5.41) is 0. The van der Waals surface area contributed by atoms with E-state index in [0.717, 1.165) is 12.8 Å². The van der Waals surface area contributed by atoms with Crippen molar-refractivity contribution >= 4 is 5.78 Å². The molecule has 0 aliphatic carbocycles. The molecular weight excluding hydrogens is 194 g/mol. The number of hydrogen-bond donors (Lipinski definition) is 0. The van der Waals surface area contributed by atoms with Crippen LogP contribution < -0.4 is 0 Å². The average molecular weight is 208 g/mol. The maximum absolute atomic E-state index is 12.3. The van der Waals surface area contributed by atoms with Crippen molar-refractivity contribution in [3.05, 3.63) is 0 Å². The summed E-state index contributed by atoms with van der Waals surface area (Å²) < 4.78 is 34.5. The predicted octanol–water partition coefficient (Wildman–Crippen LogP) is 1.41. The van der Waals surface area contributed by atoms with E-state index in [1.165, 1.54) is 7.11 Å². The molecule has 1 heterocycles. The number of halogens is 2. The molecule has 1 saturated heterocycles. The van der Waals surface area contributed by atoms with Crippen molar-refractivity contribution in [2.24, 2.45) is 0 Å². The first-order chi connectivity index (χ1) is 6.62. The monoisotopic (exact) mass is 208 g/mol. The molecule has 82 valence electrons. The van der Waals surface area contributed by atoms with Gasteiger partial charge < -0.3 is 9.47 Å². The number of methoxy groups -OCH3 is 1. The van der Waals surface area contributed by atoms with E-state index in [1.54, 1.807) is 0 Å². The van der Waals surface area contributed by atoms with Gasteiger partial charge in [0.2, 0.25) is 5.78 Å². The molecule has 0 aromatic carbocycles. The van der Waals surface area contributed by atoms with Gasteiger partial charge in [-0.1, -0.05) is 0 Å². The number of carbonyl (C=O) groups excluding carboxylic acids is 1. The molecule has 0 radical (unpaired) electrons. The van der Waals surface area contributed by atoms with Gasteiger partial charge >= 0.3 is 0 Å². The average Bonchev–Trinajstić information content (AvgIpc) is 2.18. The highest BCUT2D eigenvalue weighted by molar-refractivity contribution is 5.90. The quantitative estimate of drug-likeness (QED) is 0.700. The Hall–Kier alpha value is -0.550. The molecule has 1 fully saturated rings. The number of carbonyl (C=O) groups is 1. The third kappa shape index (κ3) is 2.27. The summed E-state index contributed by atoms with van der Waals surface area (Å²) in [5.41, 5.74) is -1.40. The summed E-state index contributed by atoms with van der Waals surface area (Å²) in [7, 11) is 1.37. The standard InChI is InChI=1S/C9H14F2O3/c1-13-6-9(7(12)8(10)11)4-2-3-5-14-9/h8H,2-6H2,1H3. The Morgan fingerprint density at radius 2 is 2.29 bits per heavy atom. The molecule has 0 amide bonds. The van der Waals surface area contributed by atoms with Gasteiger partial charge in [0.05, 0.1) is 6.61 Å². The third-order valence-corrected chi connectivity index (χ3v) is 2.38. The van der Waals surface area contributed by atoms with Gasteiger partial charge in [-0.05, 0) is 19.3 Å². The maximum atomic E-state index is 12.3. The number of ketones is 1. The fourth-order valence-electron chi connectivity index (χ4n) is 1.66. The van der Waals surface area contributed by atoms with Gasteiger partial charge in [0.1, 0.15) is 0 Å². The molecule has 3 nitrogen and oxygen atoms in total. The first kappa shape index (κ1) is 11.5. The van der Waals surface area contributed by atoms with Crippen molar-refractivity contribution < 1.29 is 23.0 Å². The SMILES string of the molecule is COCC1(C(=O)C(F)F)CCCCO1. The fraction of sp³-hybridized carbons (Fsp3) is 0.889. The lowest BCUT2D eigenvalue weighted by molar-refractivity contribution is -0.171. The highest BCUT2D eigenvalue weighted by Crippen LogP contribution is 2.28. The summed E-state index contributed by atoms with van der Waals surface area (Å²) >= 11 is 0. The molecule has 1 atom stereocenters. The molecule has 5 heteroatoms. The summed E-state index contributed by atoms with van der Waals surface area (Å²) in [6.07, 6.45) is -1.13. The van der Waals surface area contributed by atoms with Crippen LogP contribution >= 0.6 is 0 Å². The molecule has 0 saturated carbocycles. The Morgan fingerprint density at radius 1 is 1.57 bits per heavy atom. The molecular formula is C9H14F2O3. The molecule has 1 unspecified atom stereocenters. The van der Waals surface area contributed by atoms with Crippen LogP contribution in [0, 0.1) is 0 Å². The zero-order chi connectivity index (χ0) is 10.6. The normalized spacial score (nSPS) is 28.0. The number of ether oxygens (including phenoxy) is 2. The molecule has 1 rings (SSSR count). The summed E-state index contributed by atoms with van der Waals surface area (Å²) in [5.74, 6) is -1.15. The molecule has 0 bridgehead atoms. The fourth-order valence-corrected chi connectivity index (χ4v) is 1.66. The summed E-state index contributed by atoms with van der Waals surface area (Å²) in [4.78, 5) is 11.3. The van der Waals surface area contributed by atoms with Gasteiger partial charge in [0.15, 0.2) is 5.60 Å². The predicted molar refractivity (Wildman–Crippen MR) is 45.4 cm³/mol. The van der Waals surface area contributed by atoms with Crippen LogP contribution in [-0.4, -0.2) is 38.1 Å².